The minimum atomic E-state index is -4.71. The molecule has 21 nitrogen and oxygen atoms in total. The molecule has 426 valence electrons. The normalized spacial score (nSPS) is 23.2. The van der Waals surface area contributed by atoms with E-state index in [9.17, 15) is 23.3 Å². The highest BCUT2D eigenvalue weighted by Gasteiger charge is 2.50. The lowest BCUT2D eigenvalue weighted by atomic mass is 9.59. The number of nitrogens with one attached hydrogen (secondary N) is 3. The van der Waals surface area contributed by atoms with Gasteiger partial charge in [-0.15, -0.1) is 0 Å². The van der Waals surface area contributed by atoms with E-state index in [0.717, 1.165) is 100 Å². The molecule has 5 fully saturated rings. The first-order valence-corrected chi connectivity index (χ1v) is 29.7. The molecule has 22 heteroatoms. The summed E-state index contributed by atoms with van der Waals surface area (Å²) in [6, 6.07) is 22.7. The average molecular weight is 1130 g/mol. The summed E-state index contributed by atoms with van der Waals surface area (Å²) in [6.45, 7) is 9.46. The predicted molar refractivity (Wildman–Crippen MR) is 303 cm³/mol. The molecule has 6 aliphatic heterocycles. The number of aryl methyl sites for hydroxylation is 1. The molecule has 81 heavy (non-hydrogen) atoms. The van der Waals surface area contributed by atoms with Crippen molar-refractivity contribution in [3.8, 4) is 23.3 Å². The number of anilines is 4. The molecule has 1 amide bonds. The molecule has 7 aliphatic rings. The molecule has 4 atom stereocenters. The van der Waals surface area contributed by atoms with E-state index < -0.39 is 37.5 Å². The number of sulfonamides is 1. The Labute approximate surface area is 470 Å². The summed E-state index contributed by atoms with van der Waals surface area (Å²) in [7, 11) is -1.47. The van der Waals surface area contributed by atoms with E-state index in [-0.39, 0.29) is 59.7 Å². The molecule has 1 saturated carbocycles. The van der Waals surface area contributed by atoms with E-state index in [1.54, 1.807) is 20.3 Å². The van der Waals surface area contributed by atoms with E-state index in [1.165, 1.54) is 17.2 Å². The fourth-order valence-electron chi connectivity index (χ4n) is 13.8. The number of H-pyrrole nitrogens is 1. The van der Waals surface area contributed by atoms with E-state index in [1.807, 2.05) is 42.7 Å². The first-order chi connectivity index (χ1) is 39.3. The van der Waals surface area contributed by atoms with Crippen molar-refractivity contribution in [2.45, 2.75) is 93.6 Å². The molecule has 13 rings (SSSR count). The number of piperazine rings is 1. The molecule has 6 aromatic rings. The Morgan fingerprint density at radius 1 is 0.926 bits per heavy atom. The van der Waals surface area contributed by atoms with E-state index in [0.29, 0.717) is 66.8 Å². The zero-order valence-corrected chi connectivity index (χ0v) is 46.6. The standard InChI is InChI=1S/C59H68N10O11S/c1-36-6-4-5-7-43(36)50-33-65(32-37-24-52(75-2)58(76-3)61-31-37)19-20-67(50)41-29-59(30-41)14-17-66(18-15-59)40-8-9-44(47(26-40)68-46-13-23-78-35-53(46)80-57-49(68)25-39-10-16-60-55(39)63-57)56(70)64-81(73,74)42-27-48(69(71)72)54-51(28-42)79-34-45(62-54)38-11-21-77-22-12-38/h4-10,16,24-28,31,38,41,45-46,50,53,62H,11-15,17-23,29-30,32-35H2,1-3H3,(H,60,63)(H,64,70)/t45-,46-,50-,53-/m0/s1. The summed E-state index contributed by atoms with van der Waals surface area (Å²) < 4.78 is 66.3. The van der Waals surface area contributed by atoms with Gasteiger partial charge in [0.25, 0.3) is 27.5 Å². The summed E-state index contributed by atoms with van der Waals surface area (Å²) in [5.41, 5.74) is 6.33. The number of amides is 1. The van der Waals surface area contributed by atoms with Crippen molar-refractivity contribution in [3.63, 3.8) is 0 Å². The van der Waals surface area contributed by atoms with Crippen LogP contribution in [0.15, 0.2) is 90.1 Å². The molecule has 3 aromatic carbocycles. The number of rotatable bonds is 13. The molecule has 0 bridgehead atoms. The molecule has 9 heterocycles. The van der Waals surface area contributed by atoms with Gasteiger partial charge >= 0.3 is 0 Å². The van der Waals surface area contributed by atoms with Gasteiger partial charge in [0.2, 0.25) is 5.88 Å². The zero-order chi connectivity index (χ0) is 55.6. The summed E-state index contributed by atoms with van der Waals surface area (Å²) in [5.74, 6) is 0.750. The first-order valence-electron chi connectivity index (χ1n) is 28.2. The molecule has 4 saturated heterocycles. The number of hydrogen-bond donors (Lipinski definition) is 3. The van der Waals surface area contributed by atoms with Crippen molar-refractivity contribution >= 4 is 55.4 Å². The summed E-state index contributed by atoms with van der Waals surface area (Å²) in [5, 5.41) is 16.7. The third kappa shape index (κ3) is 10.1. The Bertz CT molecular complexity index is 3490. The minimum absolute atomic E-state index is 0.0243. The Morgan fingerprint density at radius 3 is 2.53 bits per heavy atom. The Hall–Kier alpha value is -7.24. The lowest BCUT2D eigenvalue weighted by Gasteiger charge is -2.58. The average Bonchev–Trinajstić information content (AvgIpc) is 4.05. The van der Waals surface area contributed by atoms with Crippen molar-refractivity contribution in [1.82, 2.24) is 29.5 Å². The smallest absolute Gasteiger partial charge is 0.297 e. The van der Waals surface area contributed by atoms with E-state index in [4.69, 9.17) is 33.4 Å². The summed E-state index contributed by atoms with van der Waals surface area (Å²) in [4.78, 5) is 48.7. The Kier molecular flexibility index (Phi) is 14.1. The van der Waals surface area contributed by atoms with E-state index >= 15 is 0 Å². The van der Waals surface area contributed by atoms with Gasteiger partial charge < -0.3 is 48.5 Å². The number of ether oxygens (including phenoxy) is 6. The van der Waals surface area contributed by atoms with Gasteiger partial charge in [-0.25, -0.2) is 18.1 Å². The number of aromatic amines is 1. The molecule has 3 aromatic heterocycles. The quantitative estimate of drug-likeness (QED) is 0.0737. The summed E-state index contributed by atoms with van der Waals surface area (Å²) >= 11 is 0. The maximum absolute atomic E-state index is 14.9. The number of carbonyl (C=O) groups is 1. The van der Waals surface area contributed by atoms with Crippen LogP contribution in [-0.2, 0) is 26.0 Å². The van der Waals surface area contributed by atoms with Crippen molar-refractivity contribution in [1.29, 1.82) is 0 Å². The van der Waals surface area contributed by atoms with Gasteiger partial charge in [-0.1, -0.05) is 24.3 Å². The van der Waals surface area contributed by atoms with Gasteiger partial charge in [0.05, 0.1) is 54.0 Å². The van der Waals surface area contributed by atoms with Crippen molar-refractivity contribution in [2.24, 2.45) is 11.3 Å². The van der Waals surface area contributed by atoms with Gasteiger partial charge in [0, 0.05) is 107 Å². The van der Waals surface area contributed by atoms with Crippen molar-refractivity contribution < 1.29 is 46.6 Å². The van der Waals surface area contributed by atoms with Crippen LogP contribution in [0.2, 0.25) is 0 Å². The number of pyridine rings is 2. The predicted octanol–water partition coefficient (Wildman–Crippen LogP) is 7.91. The molecular formula is C59H68N10O11S. The van der Waals surface area contributed by atoms with Crippen LogP contribution in [0.5, 0.6) is 23.3 Å². The van der Waals surface area contributed by atoms with Gasteiger partial charge in [-0.2, -0.15) is 4.98 Å². The highest BCUT2D eigenvalue weighted by atomic mass is 32.2. The number of benzene rings is 3. The largest absolute Gasteiger partial charge is 0.491 e. The summed E-state index contributed by atoms with van der Waals surface area (Å²) in [6.07, 6.45) is 9.56. The highest BCUT2D eigenvalue weighted by Crippen LogP contribution is 2.54. The fraction of sp³-hybridized carbons (Fsp3) is 0.475. The van der Waals surface area contributed by atoms with Crippen LogP contribution in [0.4, 0.5) is 28.4 Å². The van der Waals surface area contributed by atoms with E-state index in [2.05, 4.69) is 70.8 Å². The minimum Gasteiger partial charge on any atom is -0.491 e. The van der Waals surface area contributed by atoms with Gasteiger partial charge in [-0.05, 0) is 116 Å². The van der Waals surface area contributed by atoms with Gasteiger partial charge in [-0.3, -0.25) is 24.7 Å². The third-order valence-electron chi connectivity index (χ3n) is 18.2. The number of nitro groups is 1. The second-order valence-corrected chi connectivity index (χ2v) is 24.5. The number of piperidine rings is 1. The molecule has 1 aliphatic carbocycles. The number of methoxy groups -OCH3 is 2. The van der Waals surface area contributed by atoms with Crippen LogP contribution in [0.1, 0.15) is 78.0 Å². The number of aromatic nitrogens is 3. The van der Waals surface area contributed by atoms with Crippen LogP contribution in [-0.4, -0.2) is 148 Å². The maximum Gasteiger partial charge on any atom is 0.297 e. The lowest BCUT2D eigenvalue weighted by Crippen LogP contribution is -2.59. The molecular weight excluding hydrogens is 1060 g/mol. The van der Waals surface area contributed by atoms with Crippen LogP contribution < -0.4 is 38.8 Å². The number of hydrogen-bond acceptors (Lipinski definition) is 18. The van der Waals surface area contributed by atoms with Gasteiger partial charge in [0.1, 0.15) is 24.0 Å². The van der Waals surface area contributed by atoms with Crippen LogP contribution in [0, 0.1) is 28.4 Å². The number of nitrogens with zero attached hydrogens (tertiary/aromatic N) is 7. The SMILES string of the molecule is COc1cc(CN2CCN(C3CC4(CCN(c5ccc(C(=O)NS(=O)(=O)c6cc7c(c([N+](=O)[O-])c6)N[C@H](C6CCOCC6)CO7)c(N6c7cc8cc[nH]c8nc7O[C@H]7COCC[C@@H]76)c5)CC4)C3)[C@H](c3ccccc3C)C2)cnc1OC. The molecule has 0 unspecified atom stereocenters. The number of fused-ring (bicyclic) bond motifs is 4. The van der Waals surface area contributed by atoms with Crippen molar-refractivity contribution in [2.75, 3.05) is 95.1 Å². The second-order valence-electron chi connectivity index (χ2n) is 22.9. The lowest BCUT2D eigenvalue weighted by molar-refractivity contribution is -0.384. The fourth-order valence-corrected chi connectivity index (χ4v) is 14.8. The Balaban J connectivity index is 0.765. The van der Waals surface area contributed by atoms with Crippen LogP contribution in [0.25, 0.3) is 11.0 Å². The monoisotopic (exact) mass is 1120 g/mol. The van der Waals surface area contributed by atoms with Crippen molar-refractivity contribution in [3.05, 3.63) is 118 Å². The topological polar surface area (TPSA) is 228 Å². The third-order valence-corrected chi connectivity index (χ3v) is 19.5. The second kappa shape index (κ2) is 21.6. The van der Waals surface area contributed by atoms with Gasteiger partial charge in [0.15, 0.2) is 17.2 Å². The number of carbonyl (C=O) groups excluding carboxylic acids is 1. The highest BCUT2D eigenvalue weighted by molar-refractivity contribution is 7.90. The molecule has 1 spiro atoms. The van der Waals surface area contributed by atoms with Crippen LogP contribution in [0.3, 0.4) is 0 Å². The Morgan fingerprint density at radius 2 is 1.74 bits per heavy atom. The maximum atomic E-state index is 14.9. The molecule has 3 N–H and O–H groups in total. The molecule has 0 radical (unpaired) electrons. The zero-order valence-electron chi connectivity index (χ0n) is 45.8. The first kappa shape index (κ1) is 53.1. The van der Waals surface area contributed by atoms with Crippen LogP contribution >= 0.6 is 0 Å². The number of nitro benzene ring substituents is 1.